The number of H-pyrrole nitrogens is 1. The molecule has 0 saturated heterocycles. The molecule has 0 aliphatic carbocycles. The van der Waals surface area contributed by atoms with E-state index in [0.717, 1.165) is 0 Å². The highest BCUT2D eigenvalue weighted by atomic mass is 79.9. The number of rotatable bonds is 2. The third kappa shape index (κ3) is 2.29. The number of nitrogens with one attached hydrogen (secondary N) is 1. The second kappa shape index (κ2) is 4.55. The number of carbonyl (C=O) groups is 1. The SMILES string of the molecule is O=C(c1ccccc1)c1cc(O)c(Br)c(=O)[nH]1. The predicted octanol–water partition coefficient (Wildman–Crippen LogP) is 2.07. The maximum absolute atomic E-state index is 12.0. The van der Waals surface area contributed by atoms with Crippen LogP contribution in [0.2, 0.25) is 0 Å². The van der Waals surface area contributed by atoms with Crippen LogP contribution in [0.3, 0.4) is 0 Å². The zero-order valence-corrected chi connectivity index (χ0v) is 10.2. The van der Waals surface area contributed by atoms with Crippen molar-refractivity contribution in [2.24, 2.45) is 0 Å². The Bertz CT molecular complexity index is 619. The Morgan fingerprint density at radius 3 is 2.47 bits per heavy atom. The third-order valence-corrected chi connectivity index (χ3v) is 3.00. The van der Waals surface area contributed by atoms with Crippen LogP contribution >= 0.6 is 15.9 Å². The largest absolute Gasteiger partial charge is 0.506 e. The van der Waals surface area contributed by atoms with Crippen molar-refractivity contribution in [1.29, 1.82) is 0 Å². The highest BCUT2D eigenvalue weighted by Crippen LogP contribution is 2.20. The zero-order chi connectivity index (χ0) is 12.4. The fourth-order valence-corrected chi connectivity index (χ4v) is 1.61. The molecule has 0 radical (unpaired) electrons. The van der Waals surface area contributed by atoms with Crippen molar-refractivity contribution >= 4 is 21.7 Å². The smallest absolute Gasteiger partial charge is 0.266 e. The second-order valence-corrected chi connectivity index (χ2v) is 4.20. The average Bonchev–Trinajstić information content (AvgIpc) is 2.35. The van der Waals surface area contributed by atoms with Crippen LogP contribution < -0.4 is 5.56 Å². The fourth-order valence-electron chi connectivity index (χ4n) is 1.40. The fraction of sp³-hybridized carbons (Fsp3) is 0. The quantitative estimate of drug-likeness (QED) is 0.833. The van der Waals surface area contributed by atoms with Crippen molar-refractivity contribution < 1.29 is 9.90 Å². The number of pyridine rings is 1. The number of ketones is 1. The Kier molecular flexibility index (Phi) is 3.10. The van der Waals surface area contributed by atoms with Gasteiger partial charge in [0.25, 0.3) is 5.56 Å². The number of benzene rings is 1. The molecule has 4 nitrogen and oxygen atoms in total. The van der Waals surface area contributed by atoms with Crippen LogP contribution in [0.15, 0.2) is 45.7 Å². The average molecular weight is 294 g/mol. The number of aromatic nitrogens is 1. The molecule has 0 bridgehead atoms. The van der Waals surface area contributed by atoms with Gasteiger partial charge in [0.15, 0.2) is 0 Å². The maximum Gasteiger partial charge on any atom is 0.266 e. The molecule has 2 aromatic rings. The summed E-state index contributed by atoms with van der Waals surface area (Å²) in [5, 5.41) is 9.46. The van der Waals surface area contributed by atoms with Crippen LogP contribution in [0.25, 0.3) is 0 Å². The van der Waals surface area contributed by atoms with E-state index in [1.807, 2.05) is 0 Å². The van der Waals surface area contributed by atoms with Gasteiger partial charge in [-0.2, -0.15) is 0 Å². The molecule has 0 amide bonds. The van der Waals surface area contributed by atoms with Gasteiger partial charge in [-0.05, 0) is 15.9 Å². The summed E-state index contributed by atoms with van der Waals surface area (Å²) in [5.41, 5.74) is -0.0314. The molecule has 2 rings (SSSR count). The molecule has 5 heteroatoms. The number of halogens is 1. The molecule has 0 saturated carbocycles. The van der Waals surface area contributed by atoms with Crippen LogP contribution in [0.4, 0.5) is 0 Å². The van der Waals surface area contributed by atoms with Crippen molar-refractivity contribution in [3.05, 3.63) is 62.5 Å². The van der Waals surface area contributed by atoms with Crippen LogP contribution in [0, 0.1) is 0 Å². The number of carbonyl (C=O) groups excluding carboxylic acids is 1. The van der Waals surface area contributed by atoms with E-state index in [1.54, 1.807) is 30.3 Å². The molecule has 0 unspecified atom stereocenters. The van der Waals surface area contributed by atoms with Gasteiger partial charge in [0, 0.05) is 11.6 Å². The van der Waals surface area contributed by atoms with Crippen molar-refractivity contribution in [3.63, 3.8) is 0 Å². The summed E-state index contributed by atoms with van der Waals surface area (Å²) in [6, 6.07) is 9.74. The predicted molar refractivity (Wildman–Crippen MR) is 66.3 cm³/mol. The molecule has 1 heterocycles. The lowest BCUT2D eigenvalue weighted by Gasteiger charge is -2.02. The molecule has 86 valence electrons. The van der Waals surface area contributed by atoms with Crippen LogP contribution in [-0.2, 0) is 0 Å². The molecule has 0 spiro atoms. The van der Waals surface area contributed by atoms with Crippen molar-refractivity contribution in [2.45, 2.75) is 0 Å². The van der Waals surface area contributed by atoms with Gasteiger partial charge < -0.3 is 10.1 Å². The van der Waals surface area contributed by atoms with Gasteiger partial charge in [-0.3, -0.25) is 9.59 Å². The topological polar surface area (TPSA) is 70.2 Å². The molecule has 17 heavy (non-hydrogen) atoms. The third-order valence-electron chi connectivity index (χ3n) is 2.23. The van der Waals surface area contributed by atoms with Gasteiger partial charge in [-0.15, -0.1) is 0 Å². The Hall–Kier alpha value is -1.88. The number of aromatic amines is 1. The molecule has 1 aromatic carbocycles. The van der Waals surface area contributed by atoms with E-state index < -0.39 is 5.56 Å². The Balaban J connectivity index is 2.49. The summed E-state index contributed by atoms with van der Waals surface area (Å²) in [6.07, 6.45) is 0. The molecule has 1 aromatic heterocycles. The monoisotopic (exact) mass is 293 g/mol. The molecular formula is C12H8BrNO3. The minimum atomic E-state index is -0.538. The minimum Gasteiger partial charge on any atom is -0.506 e. The molecular weight excluding hydrogens is 286 g/mol. The van der Waals surface area contributed by atoms with Crippen molar-refractivity contribution in [3.8, 4) is 5.75 Å². The van der Waals surface area contributed by atoms with E-state index in [4.69, 9.17) is 0 Å². The van der Waals surface area contributed by atoms with E-state index >= 15 is 0 Å². The lowest BCUT2D eigenvalue weighted by atomic mass is 10.1. The number of hydrogen-bond acceptors (Lipinski definition) is 3. The van der Waals surface area contributed by atoms with Crippen LogP contribution in [0.1, 0.15) is 16.1 Å². The lowest BCUT2D eigenvalue weighted by molar-refractivity contribution is 0.103. The molecule has 0 aliphatic heterocycles. The highest BCUT2D eigenvalue weighted by Gasteiger charge is 2.13. The van der Waals surface area contributed by atoms with Gasteiger partial charge in [-0.1, -0.05) is 30.3 Å². The van der Waals surface area contributed by atoms with Crippen LogP contribution in [-0.4, -0.2) is 15.9 Å². The zero-order valence-electron chi connectivity index (χ0n) is 8.61. The molecule has 0 aliphatic rings. The minimum absolute atomic E-state index is 0.0158. The van der Waals surface area contributed by atoms with Crippen molar-refractivity contribution in [2.75, 3.05) is 0 Å². The van der Waals surface area contributed by atoms with E-state index in [9.17, 15) is 14.7 Å². The summed E-state index contributed by atoms with van der Waals surface area (Å²) in [5.74, 6) is -0.599. The van der Waals surface area contributed by atoms with Gasteiger partial charge in [0.2, 0.25) is 5.78 Å². The van der Waals surface area contributed by atoms with Gasteiger partial charge in [0.1, 0.15) is 10.2 Å². The van der Waals surface area contributed by atoms with Gasteiger partial charge in [-0.25, -0.2) is 0 Å². The van der Waals surface area contributed by atoms with Gasteiger partial charge in [0.05, 0.1) is 5.69 Å². The normalized spacial score (nSPS) is 10.2. The first-order chi connectivity index (χ1) is 8.09. The summed E-state index contributed by atoms with van der Waals surface area (Å²) < 4.78 is 0.0158. The molecule has 0 atom stereocenters. The first-order valence-corrected chi connectivity index (χ1v) is 5.60. The molecule has 0 fully saturated rings. The summed E-state index contributed by atoms with van der Waals surface area (Å²) in [7, 11) is 0. The summed E-state index contributed by atoms with van der Waals surface area (Å²) in [4.78, 5) is 25.7. The first kappa shape index (κ1) is 11.6. The van der Waals surface area contributed by atoms with E-state index in [0.29, 0.717) is 5.56 Å². The van der Waals surface area contributed by atoms with E-state index in [-0.39, 0.29) is 21.7 Å². The maximum atomic E-state index is 12.0. The molecule has 2 N–H and O–H groups in total. The summed E-state index contributed by atoms with van der Waals surface area (Å²) in [6.45, 7) is 0. The van der Waals surface area contributed by atoms with Crippen molar-refractivity contribution in [1.82, 2.24) is 4.98 Å². The Morgan fingerprint density at radius 1 is 1.24 bits per heavy atom. The number of hydrogen-bond donors (Lipinski definition) is 2. The van der Waals surface area contributed by atoms with Crippen LogP contribution in [0.5, 0.6) is 5.75 Å². The lowest BCUT2D eigenvalue weighted by Crippen LogP contribution is -2.14. The van der Waals surface area contributed by atoms with E-state index in [2.05, 4.69) is 20.9 Å². The summed E-state index contributed by atoms with van der Waals surface area (Å²) >= 11 is 2.91. The highest BCUT2D eigenvalue weighted by molar-refractivity contribution is 9.10. The van der Waals surface area contributed by atoms with Gasteiger partial charge >= 0.3 is 0 Å². The Labute approximate surface area is 105 Å². The van der Waals surface area contributed by atoms with E-state index in [1.165, 1.54) is 6.07 Å². The first-order valence-electron chi connectivity index (χ1n) is 4.81. The standard InChI is InChI=1S/C12H8BrNO3/c13-10-9(15)6-8(14-12(10)17)11(16)7-4-2-1-3-5-7/h1-6H,(H2,14,15,17). The number of aromatic hydroxyl groups is 1. The second-order valence-electron chi connectivity index (χ2n) is 3.41. The Morgan fingerprint density at radius 2 is 1.88 bits per heavy atom.